The Labute approximate surface area is 175 Å². The van der Waals surface area contributed by atoms with E-state index in [2.05, 4.69) is 4.98 Å². The highest BCUT2D eigenvalue weighted by Crippen LogP contribution is 2.25. The lowest BCUT2D eigenvalue weighted by Gasteiger charge is -2.14. The molecule has 3 aromatic carbocycles. The smallest absolute Gasteiger partial charge is 0.262 e. The fourth-order valence-electron chi connectivity index (χ4n) is 3.01. The van der Waals surface area contributed by atoms with Crippen LogP contribution in [0.2, 0.25) is 5.02 Å². The maximum Gasteiger partial charge on any atom is 0.262 e. The minimum atomic E-state index is -0.509. The molecule has 0 unspecified atom stereocenters. The molecule has 0 amide bonds. The number of hydrogen-bond acceptors (Lipinski definition) is 3. The summed E-state index contributed by atoms with van der Waals surface area (Å²) in [5.74, 6) is -0.864. The van der Waals surface area contributed by atoms with Crippen LogP contribution in [0.25, 0.3) is 10.9 Å². The second-order valence-corrected chi connectivity index (χ2v) is 7.84. The number of nitrogens with zero attached hydrogens (tertiary/aromatic N) is 2. The summed E-state index contributed by atoms with van der Waals surface area (Å²) in [4.78, 5) is 17.7. The van der Waals surface area contributed by atoms with Gasteiger partial charge in [-0.05, 0) is 48.0 Å². The van der Waals surface area contributed by atoms with E-state index < -0.39 is 11.6 Å². The Balaban J connectivity index is 1.76. The highest BCUT2D eigenvalue weighted by atomic mass is 35.5. The van der Waals surface area contributed by atoms with E-state index in [-0.39, 0.29) is 23.4 Å². The summed E-state index contributed by atoms with van der Waals surface area (Å²) in [6.07, 6.45) is 0. The monoisotopic (exact) mass is 428 g/mol. The van der Waals surface area contributed by atoms with Gasteiger partial charge in [0.15, 0.2) is 5.16 Å². The molecule has 7 heteroatoms. The number of aromatic nitrogens is 2. The SMILES string of the molecule is O=c1c2ccccc2nc(SCc2cc(F)ccc2F)n1Cc1cccc(Cl)c1. The first-order valence-electron chi connectivity index (χ1n) is 8.82. The number of para-hydroxylation sites is 1. The number of hydrogen-bond donors (Lipinski definition) is 0. The Hall–Kier alpha value is -2.70. The maximum atomic E-state index is 14.0. The molecule has 1 heterocycles. The molecular formula is C22H15ClF2N2OS. The van der Waals surface area contributed by atoms with Crippen LogP contribution in [0.15, 0.2) is 76.7 Å². The summed E-state index contributed by atoms with van der Waals surface area (Å²) in [7, 11) is 0. The maximum absolute atomic E-state index is 14.0. The molecule has 0 atom stereocenters. The van der Waals surface area contributed by atoms with Crippen molar-refractivity contribution < 1.29 is 8.78 Å². The van der Waals surface area contributed by atoms with Gasteiger partial charge in [-0.1, -0.05) is 47.6 Å². The summed E-state index contributed by atoms with van der Waals surface area (Å²) >= 11 is 7.26. The van der Waals surface area contributed by atoms with E-state index in [4.69, 9.17) is 11.6 Å². The lowest BCUT2D eigenvalue weighted by atomic mass is 10.2. The number of rotatable bonds is 5. The van der Waals surface area contributed by atoms with Crippen LogP contribution in [-0.4, -0.2) is 9.55 Å². The zero-order valence-corrected chi connectivity index (χ0v) is 16.7. The zero-order chi connectivity index (χ0) is 20.4. The second kappa shape index (κ2) is 8.35. The van der Waals surface area contributed by atoms with Crippen molar-refractivity contribution in [2.45, 2.75) is 17.5 Å². The molecule has 0 spiro atoms. The van der Waals surface area contributed by atoms with Gasteiger partial charge in [-0.25, -0.2) is 13.8 Å². The van der Waals surface area contributed by atoms with Crippen molar-refractivity contribution in [1.29, 1.82) is 0 Å². The normalized spacial score (nSPS) is 11.1. The Morgan fingerprint density at radius 3 is 2.66 bits per heavy atom. The van der Waals surface area contributed by atoms with Crippen LogP contribution >= 0.6 is 23.4 Å². The van der Waals surface area contributed by atoms with Crippen LogP contribution < -0.4 is 5.56 Å². The van der Waals surface area contributed by atoms with Crippen molar-refractivity contribution in [2.75, 3.05) is 0 Å². The van der Waals surface area contributed by atoms with Gasteiger partial charge >= 0.3 is 0 Å². The quantitative estimate of drug-likeness (QED) is 0.303. The fraction of sp³-hybridized carbons (Fsp3) is 0.0909. The third-order valence-corrected chi connectivity index (χ3v) is 5.68. The van der Waals surface area contributed by atoms with Crippen molar-refractivity contribution in [1.82, 2.24) is 9.55 Å². The molecular weight excluding hydrogens is 414 g/mol. The van der Waals surface area contributed by atoms with Crippen LogP contribution in [-0.2, 0) is 12.3 Å². The van der Waals surface area contributed by atoms with Gasteiger partial charge < -0.3 is 0 Å². The summed E-state index contributed by atoms with van der Waals surface area (Å²) in [6, 6.07) is 17.6. The minimum absolute atomic E-state index is 0.143. The van der Waals surface area contributed by atoms with Gasteiger partial charge in [-0.15, -0.1) is 0 Å². The van der Waals surface area contributed by atoms with E-state index in [0.29, 0.717) is 21.1 Å². The summed E-state index contributed by atoms with van der Waals surface area (Å²) in [5.41, 5.74) is 1.42. The molecule has 3 nitrogen and oxygen atoms in total. The fourth-order valence-corrected chi connectivity index (χ4v) is 4.20. The molecule has 4 aromatic rings. The third kappa shape index (κ3) is 4.33. The van der Waals surface area contributed by atoms with Gasteiger partial charge in [-0.2, -0.15) is 0 Å². The molecule has 0 bridgehead atoms. The molecule has 0 fully saturated rings. The van der Waals surface area contributed by atoms with Crippen molar-refractivity contribution in [3.8, 4) is 0 Å². The molecule has 0 N–H and O–H groups in total. The first kappa shape index (κ1) is 19.6. The van der Waals surface area contributed by atoms with Gasteiger partial charge in [0, 0.05) is 16.3 Å². The molecule has 4 rings (SSSR count). The first-order valence-corrected chi connectivity index (χ1v) is 10.2. The van der Waals surface area contributed by atoms with E-state index in [9.17, 15) is 13.6 Å². The number of halogens is 3. The van der Waals surface area contributed by atoms with E-state index in [1.54, 1.807) is 36.4 Å². The highest BCUT2D eigenvalue weighted by molar-refractivity contribution is 7.98. The number of thioether (sulfide) groups is 1. The Kier molecular flexibility index (Phi) is 5.65. The van der Waals surface area contributed by atoms with E-state index in [0.717, 1.165) is 23.8 Å². The topological polar surface area (TPSA) is 34.9 Å². The van der Waals surface area contributed by atoms with Crippen LogP contribution in [0.5, 0.6) is 0 Å². The standard InChI is InChI=1S/C22H15ClF2N2OS/c23-16-5-3-4-14(10-16)12-27-21(28)18-6-1-2-7-20(18)26-22(27)29-13-15-11-17(24)8-9-19(15)25/h1-11H,12-13H2. The van der Waals surface area contributed by atoms with Crippen molar-refractivity contribution in [2.24, 2.45) is 0 Å². The lowest BCUT2D eigenvalue weighted by molar-refractivity contribution is 0.591. The van der Waals surface area contributed by atoms with Gasteiger partial charge in [0.2, 0.25) is 0 Å². The highest BCUT2D eigenvalue weighted by Gasteiger charge is 2.14. The summed E-state index contributed by atoms with van der Waals surface area (Å²) in [6.45, 7) is 0.269. The van der Waals surface area contributed by atoms with E-state index >= 15 is 0 Å². The van der Waals surface area contributed by atoms with Crippen molar-refractivity contribution >= 4 is 34.3 Å². The average molecular weight is 429 g/mol. The number of benzene rings is 3. The Bertz CT molecular complexity index is 1260. The molecule has 0 saturated carbocycles. The van der Waals surface area contributed by atoms with Crippen molar-refractivity contribution in [3.63, 3.8) is 0 Å². The van der Waals surface area contributed by atoms with Crippen LogP contribution in [0.1, 0.15) is 11.1 Å². The van der Waals surface area contributed by atoms with Crippen LogP contribution in [0.4, 0.5) is 8.78 Å². The second-order valence-electron chi connectivity index (χ2n) is 6.46. The predicted molar refractivity (Wildman–Crippen MR) is 112 cm³/mol. The molecule has 146 valence electrons. The van der Waals surface area contributed by atoms with Gasteiger partial charge in [0.1, 0.15) is 11.6 Å². The Morgan fingerprint density at radius 1 is 1.00 bits per heavy atom. The van der Waals surface area contributed by atoms with E-state index in [1.165, 1.54) is 16.3 Å². The zero-order valence-electron chi connectivity index (χ0n) is 15.1. The average Bonchev–Trinajstić information content (AvgIpc) is 2.71. The molecule has 29 heavy (non-hydrogen) atoms. The molecule has 0 aliphatic rings. The van der Waals surface area contributed by atoms with Gasteiger partial charge in [-0.3, -0.25) is 9.36 Å². The first-order chi connectivity index (χ1) is 14.0. The van der Waals surface area contributed by atoms with Crippen LogP contribution in [0, 0.1) is 11.6 Å². The lowest BCUT2D eigenvalue weighted by Crippen LogP contribution is -2.24. The van der Waals surface area contributed by atoms with Crippen molar-refractivity contribution in [3.05, 3.63) is 105 Å². The molecule has 0 aliphatic heterocycles. The molecule has 1 aromatic heterocycles. The summed E-state index contributed by atoms with van der Waals surface area (Å²) < 4.78 is 29.0. The number of fused-ring (bicyclic) bond motifs is 1. The van der Waals surface area contributed by atoms with Crippen LogP contribution in [0.3, 0.4) is 0 Å². The largest absolute Gasteiger partial charge is 0.283 e. The van der Waals surface area contributed by atoms with E-state index in [1.807, 2.05) is 12.1 Å². The molecule has 0 saturated heterocycles. The summed E-state index contributed by atoms with van der Waals surface area (Å²) in [5, 5.41) is 1.49. The third-order valence-electron chi connectivity index (χ3n) is 4.42. The molecule has 0 aliphatic carbocycles. The minimum Gasteiger partial charge on any atom is -0.283 e. The van der Waals surface area contributed by atoms with Gasteiger partial charge in [0.05, 0.1) is 17.4 Å². The Morgan fingerprint density at radius 2 is 1.83 bits per heavy atom. The van der Waals surface area contributed by atoms with Gasteiger partial charge in [0.25, 0.3) is 5.56 Å². The molecule has 0 radical (unpaired) electrons. The predicted octanol–water partition coefficient (Wildman–Crippen LogP) is 5.67.